The molecule has 1 N–H and O–H groups in total. The average Bonchev–Trinajstić information content (AvgIpc) is 2.68. The minimum absolute atomic E-state index is 0.0302. The van der Waals surface area contributed by atoms with Crippen LogP contribution in [-0.2, 0) is 13.1 Å². The zero-order valence-corrected chi connectivity index (χ0v) is 15.0. The predicted octanol–water partition coefficient (Wildman–Crippen LogP) is 3.58. The van der Waals surface area contributed by atoms with E-state index in [0.717, 1.165) is 11.1 Å². The summed E-state index contributed by atoms with van der Waals surface area (Å²) in [7, 11) is 0. The molecule has 0 aliphatic carbocycles. The number of benzene rings is 2. The number of rotatable bonds is 6. The van der Waals surface area contributed by atoms with Gasteiger partial charge in [-0.15, -0.1) is 0 Å². The Morgan fingerprint density at radius 1 is 1.07 bits per heavy atom. The van der Waals surface area contributed by atoms with E-state index in [-0.39, 0.29) is 11.3 Å². The van der Waals surface area contributed by atoms with Gasteiger partial charge >= 0.3 is 0 Å². The molecule has 0 saturated carbocycles. The summed E-state index contributed by atoms with van der Waals surface area (Å²) in [6, 6.07) is 20.1. The van der Waals surface area contributed by atoms with Gasteiger partial charge in [-0.1, -0.05) is 30.3 Å². The van der Waals surface area contributed by atoms with Crippen LogP contribution in [0.25, 0.3) is 0 Å². The molecule has 0 radical (unpaired) electrons. The quantitative estimate of drug-likeness (QED) is 0.684. The van der Waals surface area contributed by atoms with Crippen molar-refractivity contribution in [1.29, 1.82) is 5.26 Å². The molecule has 0 aliphatic heterocycles. The minimum atomic E-state index is -0.0503. The lowest BCUT2D eigenvalue weighted by Gasteiger charge is -2.11. The maximum Gasteiger partial charge on any atom is 0.250 e. The van der Waals surface area contributed by atoms with Crippen LogP contribution in [0.1, 0.15) is 34.0 Å². The van der Waals surface area contributed by atoms with Crippen molar-refractivity contribution in [2.24, 2.45) is 0 Å². The first-order valence-corrected chi connectivity index (χ1v) is 8.59. The molecule has 0 bridgehead atoms. The van der Waals surface area contributed by atoms with Gasteiger partial charge in [0.15, 0.2) is 5.78 Å². The lowest BCUT2D eigenvalue weighted by Crippen LogP contribution is -2.18. The summed E-state index contributed by atoms with van der Waals surface area (Å²) in [6.07, 6.45) is 1.77. The van der Waals surface area contributed by atoms with Crippen molar-refractivity contribution in [2.75, 3.05) is 5.32 Å². The number of nitrogens with one attached hydrogen (secondary N) is 1. The average molecular weight is 357 g/mol. The van der Waals surface area contributed by atoms with Crippen LogP contribution in [0.3, 0.4) is 0 Å². The predicted molar refractivity (Wildman–Crippen MR) is 105 cm³/mol. The molecule has 0 aliphatic rings. The first-order valence-electron chi connectivity index (χ1n) is 8.59. The summed E-state index contributed by atoms with van der Waals surface area (Å²) in [6.45, 7) is 2.56. The summed E-state index contributed by atoms with van der Waals surface area (Å²) in [5.74, 6) is -0.0503. The van der Waals surface area contributed by atoms with Crippen LogP contribution in [0, 0.1) is 11.3 Å². The first-order chi connectivity index (χ1) is 13.1. The van der Waals surface area contributed by atoms with E-state index in [1.807, 2.05) is 30.3 Å². The Balaban J connectivity index is 1.71. The molecule has 0 unspecified atom stereocenters. The zero-order chi connectivity index (χ0) is 19.2. The molecule has 27 heavy (non-hydrogen) atoms. The molecule has 0 saturated heterocycles. The molecule has 1 aromatic heterocycles. The lowest BCUT2D eigenvalue weighted by molar-refractivity contribution is 0.101. The first kappa shape index (κ1) is 18.2. The number of carbonyl (C=O) groups excluding carboxylic acids is 1. The second-order valence-electron chi connectivity index (χ2n) is 6.27. The van der Waals surface area contributed by atoms with Crippen LogP contribution in [0.15, 0.2) is 71.7 Å². The highest BCUT2D eigenvalue weighted by atomic mass is 16.1. The zero-order valence-electron chi connectivity index (χ0n) is 15.0. The van der Waals surface area contributed by atoms with Crippen molar-refractivity contribution in [2.45, 2.75) is 20.0 Å². The van der Waals surface area contributed by atoms with Crippen LogP contribution in [0.5, 0.6) is 0 Å². The molecule has 0 spiro atoms. The molecule has 0 amide bonds. The highest BCUT2D eigenvalue weighted by Crippen LogP contribution is 2.19. The molecule has 2 aromatic carbocycles. The Labute approximate surface area is 157 Å². The molecule has 3 rings (SSSR count). The van der Waals surface area contributed by atoms with E-state index in [2.05, 4.69) is 11.4 Å². The van der Waals surface area contributed by atoms with Crippen LogP contribution < -0.4 is 10.9 Å². The van der Waals surface area contributed by atoms with Crippen molar-refractivity contribution in [3.8, 4) is 6.07 Å². The van der Waals surface area contributed by atoms with E-state index in [1.54, 1.807) is 41.1 Å². The van der Waals surface area contributed by atoms with Gasteiger partial charge in [0, 0.05) is 30.1 Å². The van der Waals surface area contributed by atoms with Gasteiger partial charge < -0.3 is 9.88 Å². The Kier molecular flexibility index (Phi) is 5.48. The number of nitrogens with zero attached hydrogens (tertiary/aromatic N) is 2. The summed E-state index contributed by atoms with van der Waals surface area (Å²) in [5.41, 5.74) is 3.76. The van der Waals surface area contributed by atoms with E-state index in [1.165, 1.54) is 6.92 Å². The van der Waals surface area contributed by atoms with Gasteiger partial charge in [-0.3, -0.25) is 9.59 Å². The maximum atomic E-state index is 11.8. The fourth-order valence-corrected chi connectivity index (χ4v) is 2.81. The van der Waals surface area contributed by atoms with Crippen molar-refractivity contribution in [3.63, 3.8) is 0 Å². The fourth-order valence-electron chi connectivity index (χ4n) is 2.81. The third-order valence-corrected chi connectivity index (χ3v) is 4.29. The Morgan fingerprint density at radius 2 is 1.81 bits per heavy atom. The van der Waals surface area contributed by atoms with Gasteiger partial charge in [0.1, 0.15) is 0 Å². The van der Waals surface area contributed by atoms with E-state index in [9.17, 15) is 9.59 Å². The fraction of sp³-hybridized carbons (Fsp3) is 0.136. The van der Waals surface area contributed by atoms with Crippen LogP contribution in [0.2, 0.25) is 0 Å². The van der Waals surface area contributed by atoms with Crippen molar-refractivity contribution >= 4 is 11.5 Å². The van der Waals surface area contributed by atoms with Crippen LogP contribution in [-0.4, -0.2) is 10.4 Å². The Morgan fingerprint density at radius 3 is 2.48 bits per heavy atom. The lowest BCUT2D eigenvalue weighted by atomic mass is 10.1. The number of nitriles is 1. The monoisotopic (exact) mass is 357 g/mol. The molecule has 1 heterocycles. The molecule has 5 nitrogen and oxygen atoms in total. The van der Waals surface area contributed by atoms with E-state index in [0.29, 0.717) is 29.9 Å². The number of anilines is 1. The number of hydrogen-bond donors (Lipinski definition) is 1. The standard InChI is InChI=1S/C22H19N3O2/c1-16(26)20-10-9-19(13-23)12-21(20)24-14-17-5-7-18(8-6-17)15-25-11-3-2-4-22(25)27/h2-12,24H,14-15H2,1H3. The van der Waals surface area contributed by atoms with Gasteiger partial charge in [0.25, 0.3) is 5.56 Å². The third-order valence-electron chi connectivity index (χ3n) is 4.29. The smallest absolute Gasteiger partial charge is 0.250 e. The van der Waals surface area contributed by atoms with E-state index >= 15 is 0 Å². The van der Waals surface area contributed by atoms with Gasteiger partial charge in [-0.25, -0.2) is 0 Å². The van der Waals surface area contributed by atoms with Gasteiger partial charge in [-0.05, 0) is 42.3 Å². The van der Waals surface area contributed by atoms with Crippen molar-refractivity contribution in [3.05, 3.63) is 99.5 Å². The number of hydrogen-bond acceptors (Lipinski definition) is 4. The largest absolute Gasteiger partial charge is 0.380 e. The molecule has 0 atom stereocenters. The second-order valence-corrected chi connectivity index (χ2v) is 6.27. The molecular formula is C22H19N3O2. The number of pyridine rings is 1. The Bertz CT molecular complexity index is 1060. The van der Waals surface area contributed by atoms with Crippen molar-refractivity contribution in [1.82, 2.24) is 4.57 Å². The van der Waals surface area contributed by atoms with Crippen LogP contribution in [0.4, 0.5) is 5.69 Å². The van der Waals surface area contributed by atoms with Crippen molar-refractivity contribution < 1.29 is 4.79 Å². The maximum absolute atomic E-state index is 11.8. The Hall–Kier alpha value is -3.65. The summed E-state index contributed by atoms with van der Waals surface area (Å²) >= 11 is 0. The minimum Gasteiger partial charge on any atom is -0.380 e. The van der Waals surface area contributed by atoms with E-state index in [4.69, 9.17) is 5.26 Å². The highest BCUT2D eigenvalue weighted by molar-refractivity contribution is 5.99. The summed E-state index contributed by atoms with van der Waals surface area (Å²) < 4.78 is 1.65. The van der Waals surface area contributed by atoms with Crippen LogP contribution >= 0.6 is 0 Å². The van der Waals surface area contributed by atoms with Gasteiger partial charge in [0.05, 0.1) is 18.2 Å². The van der Waals surface area contributed by atoms with E-state index < -0.39 is 0 Å². The molecule has 134 valence electrons. The highest BCUT2D eigenvalue weighted by Gasteiger charge is 2.08. The topological polar surface area (TPSA) is 74.9 Å². The second kappa shape index (κ2) is 8.15. The number of carbonyl (C=O) groups is 1. The summed E-state index contributed by atoms with van der Waals surface area (Å²) in [4.78, 5) is 23.6. The third kappa shape index (κ3) is 4.50. The van der Waals surface area contributed by atoms with Gasteiger partial charge in [0.2, 0.25) is 0 Å². The molecule has 5 heteroatoms. The number of Topliss-reactive ketones (excluding diaryl/α,β-unsaturated/α-hetero) is 1. The molecule has 0 fully saturated rings. The summed E-state index contributed by atoms with van der Waals surface area (Å²) in [5, 5.41) is 12.3. The number of ketones is 1. The SMILES string of the molecule is CC(=O)c1ccc(C#N)cc1NCc1ccc(Cn2ccccc2=O)cc1. The molecular weight excluding hydrogens is 338 g/mol. The molecule has 3 aromatic rings. The van der Waals surface area contributed by atoms with Gasteiger partial charge in [-0.2, -0.15) is 5.26 Å². The number of aromatic nitrogens is 1. The normalized spacial score (nSPS) is 10.2.